The minimum Gasteiger partial charge on any atom is -0.287 e. The van der Waals surface area contributed by atoms with Crippen molar-refractivity contribution in [2.75, 3.05) is 0 Å². The number of hydrogen-bond acceptors (Lipinski definition) is 4. The van der Waals surface area contributed by atoms with Gasteiger partial charge in [-0.05, 0) is 83.6 Å². The standard InChI is InChI=1S/C35H32F4O2S2/c36-30-20-14-26(22-32(30)38)24-10-16-28(17-11-24)42-34(40)8-6-4-2-1-3-5-7-9-35(41)43-29-18-12-25(13-19-29)27-15-21-31(37)33(39)23-27/h10-23H,1-9H2. The van der Waals surface area contributed by atoms with Gasteiger partial charge in [0.2, 0.25) is 0 Å². The van der Waals surface area contributed by atoms with Crippen molar-refractivity contribution in [2.45, 2.75) is 67.6 Å². The van der Waals surface area contributed by atoms with E-state index in [0.29, 0.717) is 24.0 Å². The molecule has 4 aromatic rings. The Balaban J connectivity index is 1.03. The third kappa shape index (κ3) is 10.4. The molecule has 8 heteroatoms. The third-order valence-corrected chi connectivity index (χ3v) is 8.82. The molecule has 0 unspecified atom stereocenters. The zero-order valence-electron chi connectivity index (χ0n) is 23.6. The Kier molecular flexibility index (Phi) is 12.5. The van der Waals surface area contributed by atoms with Gasteiger partial charge >= 0.3 is 0 Å². The summed E-state index contributed by atoms with van der Waals surface area (Å²) in [6.07, 6.45) is 7.81. The molecule has 0 spiro atoms. The lowest BCUT2D eigenvalue weighted by Gasteiger charge is -2.06. The highest BCUT2D eigenvalue weighted by Crippen LogP contribution is 2.28. The van der Waals surface area contributed by atoms with Crippen LogP contribution in [-0.4, -0.2) is 10.2 Å². The Bertz CT molecular complexity index is 1410. The average Bonchev–Trinajstić information content (AvgIpc) is 3.00. The summed E-state index contributed by atoms with van der Waals surface area (Å²) >= 11 is 2.40. The van der Waals surface area contributed by atoms with Crippen LogP contribution in [0.5, 0.6) is 0 Å². The molecule has 0 aliphatic heterocycles. The van der Waals surface area contributed by atoms with E-state index in [4.69, 9.17) is 0 Å². The summed E-state index contributed by atoms with van der Waals surface area (Å²) in [5.74, 6) is -3.53. The zero-order chi connectivity index (χ0) is 30.6. The number of thioether (sulfide) groups is 2. The molecule has 4 rings (SSSR count). The first kappa shape index (κ1) is 32.6. The van der Waals surface area contributed by atoms with Gasteiger partial charge in [-0.1, -0.05) is 92.0 Å². The van der Waals surface area contributed by atoms with Crippen molar-refractivity contribution in [1.82, 2.24) is 0 Å². The van der Waals surface area contributed by atoms with Gasteiger partial charge < -0.3 is 0 Å². The summed E-state index contributed by atoms with van der Waals surface area (Å²) in [6.45, 7) is 0. The fourth-order valence-corrected chi connectivity index (χ4v) is 6.13. The number of carbonyl (C=O) groups excluding carboxylic acids is 2. The van der Waals surface area contributed by atoms with Crippen molar-refractivity contribution in [2.24, 2.45) is 0 Å². The highest BCUT2D eigenvalue weighted by atomic mass is 32.2. The molecule has 0 radical (unpaired) electrons. The van der Waals surface area contributed by atoms with Crippen LogP contribution in [0, 0.1) is 23.3 Å². The molecule has 224 valence electrons. The SMILES string of the molecule is O=C(CCCCCCCCCC(=O)Sc1ccc(-c2ccc(F)c(F)c2)cc1)Sc1ccc(-c2ccc(F)c(F)c2)cc1. The number of halogens is 4. The largest absolute Gasteiger partial charge is 0.287 e. The monoisotopic (exact) mass is 624 g/mol. The quantitative estimate of drug-likeness (QED) is 0.0794. The molecule has 0 heterocycles. The van der Waals surface area contributed by atoms with Gasteiger partial charge in [0, 0.05) is 22.6 Å². The summed E-state index contributed by atoms with van der Waals surface area (Å²) in [5, 5.41) is 0.214. The smallest absolute Gasteiger partial charge is 0.193 e. The summed E-state index contributed by atoms with van der Waals surface area (Å²) in [7, 11) is 0. The van der Waals surface area contributed by atoms with Crippen LogP contribution in [0.3, 0.4) is 0 Å². The molecule has 2 nitrogen and oxygen atoms in total. The minimum atomic E-state index is -0.888. The van der Waals surface area contributed by atoms with Crippen LogP contribution in [-0.2, 0) is 9.59 Å². The molecule has 0 amide bonds. The van der Waals surface area contributed by atoms with Crippen LogP contribution in [0.25, 0.3) is 22.3 Å². The second-order valence-electron chi connectivity index (χ2n) is 10.2. The van der Waals surface area contributed by atoms with Crippen molar-refractivity contribution in [3.05, 3.63) is 108 Å². The van der Waals surface area contributed by atoms with Crippen LogP contribution >= 0.6 is 23.5 Å². The molecular weight excluding hydrogens is 593 g/mol. The first-order valence-electron chi connectivity index (χ1n) is 14.3. The molecule has 0 aromatic heterocycles. The molecule has 0 fully saturated rings. The fraction of sp³-hybridized carbons (Fsp3) is 0.257. The van der Waals surface area contributed by atoms with Gasteiger partial charge in [0.15, 0.2) is 33.5 Å². The Morgan fingerprint density at radius 1 is 0.419 bits per heavy atom. The van der Waals surface area contributed by atoms with Crippen molar-refractivity contribution in [1.29, 1.82) is 0 Å². The van der Waals surface area contributed by atoms with Crippen LogP contribution in [0.2, 0.25) is 0 Å². The summed E-state index contributed by atoms with van der Waals surface area (Å²) in [4.78, 5) is 26.3. The number of carbonyl (C=O) groups is 2. The van der Waals surface area contributed by atoms with Gasteiger partial charge in [-0.15, -0.1) is 0 Å². The lowest BCUT2D eigenvalue weighted by atomic mass is 10.1. The van der Waals surface area contributed by atoms with Gasteiger partial charge in [0.1, 0.15) is 0 Å². The van der Waals surface area contributed by atoms with Gasteiger partial charge in [0.25, 0.3) is 0 Å². The van der Waals surface area contributed by atoms with Crippen LogP contribution in [0.4, 0.5) is 17.6 Å². The Hall–Kier alpha value is -3.36. The third-order valence-electron chi connectivity index (χ3n) is 6.94. The molecule has 0 saturated carbocycles. The second-order valence-corrected chi connectivity index (χ2v) is 12.5. The summed E-state index contributed by atoms with van der Waals surface area (Å²) < 4.78 is 53.2. The molecule has 0 aliphatic rings. The maximum absolute atomic E-state index is 13.5. The van der Waals surface area contributed by atoms with Crippen molar-refractivity contribution < 1.29 is 27.2 Å². The van der Waals surface area contributed by atoms with Gasteiger partial charge in [-0.25, -0.2) is 17.6 Å². The second kappa shape index (κ2) is 16.5. The highest BCUT2D eigenvalue weighted by Gasteiger charge is 2.09. The van der Waals surface area contributed by atoms with Crippen LogP contribution in [0.1, 0.15) is 57.8 Å². The van der Waals surface area contributed by atoms with E-state index in [2.05, 4.69) is 0 Å². The van der Waals surface area contributed by atoms with E-state index in [1.807, 2.05) is 24.3 Å². The maximum atomic E-state index is 13.5. The van der Waals surface area contributed by atoms with Crippen molar-refractivity contribution >= 4 is 33.8 Å². The van der Waals surface area contributed by atoms with Crippen LogP contribution in [0.15, 0.2) is 94.7 Å². The maximum Gasteiger partial charge on any atom is 0.193 e. The predicted molar refractivity (Wildman–Crippen MR) is 167 cm³/mol. The molecule has 0 aliphatic carbocycles. The number of unbranched alkanes of at least 4 members (excludes halogenated alkanes) is 6. The number of rotatable bonds is 14. The van der Waals surface area contributed by atoms with E-state index in [9.17, 15) is 27.2 Å². The van der Waals surface area contributed by atoms with E-state index in [0.717, 1.165) is 90.1 Å². The Labute approximate surface area is 258 Å². The minimum absolute atomic E-state index is 0.107. The predicted octanol–water partition coefficient (Wildman–Crippen LogP) is 11.0. The van der Waals surface area contributed by atoms with Gasteiger partial charge in [-0.2, -0.15) is 0 Å². The normalized spacial score (nSPS) is 11.1. The van der Waals surface area contributed by atoms with E-state index >= 15 is 0 Å². The van der Waals surface area contributed by atoms with Crippen LogP contribution < -0.4 is 0 Å². The summed E-state index contributed by atoms with van der Waals surface area (Å²) in [6, 6.07) is 22.0. The lowest BCUT2D eigenvalue weighted by Crippen LogP contribution is -1.93. The Morgan fingerprint density at radius 3 is 1.09 bits per heavy atom. The van der Waals surface area contributed by atoms with E-state index in [1.165, 1.54) is 35.7 Å². The number of benzene rings is 4. The van der Waals surface area contributed by atoms with Gasteiger partial charge in [-0.3, -0.25) is 9.59 Å². The molecular formula is C35H32F4O2S2. The van der Waals surface area contributed by atoms with E-state index in [1.54, 1.807) is 24.3 Å². The molecule has 43 heavy (non-hydrogen) atoms. The highest BCUT2D eigenvalue weighted by molar-refractivity contribution is 8.13. The van der Waals surface area contributed by atoms with Crippen molar-refractivity contribution in [3.63, 3.8) is 0 Å². The molecule has 4 aromatic carbocycles. The lowest BCUT2D eigenvalue weighted by molar-refractivity contribution is -0.111. The zero-order valence-corrected chi connectivity index (χ0v) is 25.2. The first-order valence-corrected chi connectivity index (χ1v) is 15.9. The fourth-order valence-electron chi connectivity index (χ4n) is 4.57. The van der Waals surface area contributed by atoms with Gasteiger partial charge in [0.05, 0.1) is 0 Å². The summed E-state index contributed by atoms with van der Waals surface area (Å²) in [5.41, 5.74) is 2.68. The molecule has 0 bridgehead atoms. The Morgan fingerprint density at radius 2 is 0.744 bits per heavy atom. The first-order chi connectivity index (χ1) is 20.8. The molecule has 0 saturated heterocycles. The molecule has 0 N–H and O–H groups in total. The molecule has 0 atom stereocenters. The average molecular weight is 625 g/mol. The topological polar surface area (TPSA) is 34.1 Å². The van der Waals surface area contributed by atoms with E-state index in [-0.39, 0.29) is 10.2 Å². The van der Waals surface area contributed by atoms with Crippen molar-refractivity contribution in [3.8, 4) is 22.3 Å². The van der Waals surface area contributed by atoms with E-state index < -0.39 is 23.3 Å². The number of hydrogen-bond donors (Lipinski definition) is 0.